The third-order valence-electron chi connectivity index (χ3n) is 2.97. The minimum absolute atomic E-state index is 0.145. The lowest BCUT2D eigenvalue weighted by Crippen LogP contribution is -2.24. The highest BCUT2D eigenvalue weighted by atomic mass is 32.2. The van der Waals surface area contributed by atoms with Crippen LogP contribution in [-0.4, -0.2) is 29.7 Å². The molecule has 0 amide bonds. The summed E-state index contributed by atoms with van der Waals surface area (Å²) >= 11 is 0. The van der Waals surface area contributed by atoms with Gasteiger partial charge < -0.3 is 5.32 Å². The number of nitrogens with one attached hydrogen (secondary N) is 2. The van der Waals surface area contributed by atoms with Crippen LogP contribution < -0.4 is 10.0 Å². The number of hydrogen-bond donors (Lipinski definition) is 2. The predicted molar refractivity (Wildman–Crippen MR) is 80.3 cm³/mol. The lowest BCUT2D eigenvalue weighted by atomic mass is 10.4. The van der Waals surface area contributed by atoms with Crippen LogP contribution >= 0.6 is 0 Å². The fourth-order valence-corrected chi connectivity index (χ4v) is 2.67. The highest BCUT2D eigenvalue weighted by molar-refractivity contribution is 7.89. The summed E-state index contributed by atoms with van der Waals surface area (Å²) in [5.74, 6) is 0.669. The molecule has 2 N–H and O–H groups in total. The summed E-state index contributed by atoms with van der Waals surface area (Å²) in [5, 5.41) is 7.09. The second-order valence-corrected chi connectivity index (χ2v) is 6.34. The van der Waals surface area contributed by atoms with Gasteiger partial charge in [-0.05, 0) is 24.6 Å². The third kappa shape index (κ3) is 4.02. The Balaban J connectivity index is 2.03. The Kier molecular flexibility index (Phi) is 4.92. The number of aromatic nitrogens is 3. The van der Waals surface area contributed by atoms with Gasteiger partial charge in [0.1, 0.15) is 10.7 Å². The molecule has 0 unspecified atom stereocenters. The Morgan fingerprint density at radius 3 is 2.67 bits per heavy atom. The molecule has 8 heteroatoms. The maximum Gasteiger partial charge on any atom is 0.242 e. The van der Waals surface area contributed by atoms with Crippen LogP contribution in [0.5, 0.6) is 0 Å². The van der Waals surface area contributed by atoms with E-state index in [1.807, 2.05) is 6.92 Å². The second kappa shape index (κ2) is 6.68. The molecule has 2 heterocycles. The van der Waals surface area contributed by atoms with Crippen LogP contribution in [0.2, 0.25) is 0 Å². The van der Waals surface area contributed by atoms with Gasteiger partial charge in [0, 0.05) is 26.0 Å². The highest BCUT2D eigenvalue weighted by Gasteiger charge is 2.14. The van der Waals surface area contributed by atoms with Gasteiger partial charge in [-0.25, -0.2) is 18.1 Å². The van der Waals surface area contributed by atoms with E-state index in [2.05, 4.69) is 20.1 Å². The van der Waals surface area contributed by atoms with Gasteiger partial charge in [0.05, 0.1) is 12.2 Å². The van der Waals surface area contributed by atoms with E-state index in [1.165, 1.54) is 12.3 Å². The van der Waals surface area contributed by atoms with E-state index in [9.17, 15) is 8.42 Å². The van der Waals surface area contributed by atoms with Crippen LogP contribution in [-0.2, 0) is 23.6 Å². The van der Waals surface area contributed by atoms with Gasteiger partial charge >= 0.3 is 0 Å². The molecule has 0 saturated heterocycles. The van der Waals surface area contributed by atoms with Crippen LogP contribution in [0, 0.1) is 0 Å². The zero-order chi connectivity index (χ0) is 15.3. The van der Waals surface area contributed by atoms with Gasteiger partial charge in [-0.1, -0.05) is 6.92 Å². The molecule has 7 nitrogen and oxygen atoms in total. The smallest absolute Gasteiger partial charge is 0.242 e. The van der Waals surface area contributed by atoms with Gasteiger partial charge in [-0.2, -0.15) is 5.10 Å². The average Bonchev–Trinajstić information content (AvgIpc) is 2.89. The zero-order valence-corrected chi connectivity index (χ0v) is 12.9. The molecule has 0 radical (unpaired) electrons. The summed E-state index contributed by atoms with van der Waals surface area (Å²) in [6, 6.07) is 4.96. The van der Waals surface area contributed by atoms with Gasteiger partial charge in [-0.15, -0.1) is 0 Å². The van der Waals surface area contributed by atoms with Crippen molar-refractivity contribution in [3.8, 4) is 0 Å². The zero-order valence-electron chi connectivity index (χ0n) is 12.1. The van der Waals surface area contributed by atoms with Crippen LogP contribution in [0.25, 0.3) is 0 Å². The van der Waals surface area contributed by atoms with Crippen LogP contribution in [0.4, 0.5) is 5.82 Å². The number of sulfonamides is 1. The highest BCUT2D eigenvalue weighted by Crippen LogP contribution is 2.11. The number of pyridine rings is 1. The fourth-order valence-electron chi connectivity index (χ4n) is 1.72. The number of hydrogen-bond acceptors (Lipinski definition) is 5. The molecule has 0 aliphatic heterocycles. The topological polar surface area (TPSA) is 88.9 Å². The van der Waals surface area contributed by atoms with E-state index in [4.69, 9.17) is 0 Å². The summed E-state index contributed by atoms with van der Waals surface area (Å²) in [6.45, 7) is 3.04. The molecule has 0 bridgehead atoms. The Morgan fingerprint density at radius 2 is 2.10 bits per heavy atom. The van der Waals surface area contributed by atoms with Crippen LogP contribution in [0.15, 0.2) is 35.5 Å². The third-order valence-corrected chi connectivity index (χ3v) is 4.35. The minimum atomic E-state index is -3.57. The van der Waals surface area contributed by atoms with Crippen LogP contribution in [0.1, 0.15) is 19.0 Å². The first-order valence-electron chi connectivity index (χ1n) is 6.69. The molecule has 2 aromatic rings. The van der Waals surface area contributed by atoms with Crippen molar-refractivity contribution in [3.05, 3.63) is 36.3 Å². The molecule has 0 aromatic carbocycles. The normalized spacial score (nSPS) is 11.5. The Morgan fingerprint density at radius 1 is 1.29 bits per heavy atom. The first kappa shape index (κ1) is 15.5. The lowest BCUT2D eigenvalue weighted by molar-refractivity contribution is 0.577. The van der Waals surface area contributed by atoms with Gasteiger partial charge in [-0.3, -0.25) is 4.68 Å². The summed E-state index contributed by atoms with van der Waals surface area (Å²) in [5.41, 5.74) is 0.785. The molecular weight excluding hydrogens is 290 g/mol. The monoisotopic (exact) mass is 309 g/mol. The van der Waals surface area contributed by atoms with Crippen molar-refractivity contribution in [2.75, 3.05) is 11.9 Å². The fraction of sp³-hybridized carbons (Fsp3) is 0.385. The van der Waals surface area contributed by atoms with Crippen molar-refractivity contribution in [2.45, 2.75) is 24.8 Å². The Bertz CT molecular complexity index is 679. The maximum atomic E-state index is 12.2. The summed E-state index contributed by atoms with van der Waals surface area (Å²) < 4.78 is 28.5. The van der Waals surface area contributed by atoms with Crippen molar-refractivity contribution >= 4 is 15.8 Å². The summed E-state index contributed by atoms with van der Waals surface area (Å²) in [6.07, 6.45) is 3.96. The van der Waals surface area contributed by atoms with Crippen molar-refractivity contribution in [3.63, 3.8) is 0 Å². The SMILES string of the molecule is CCCNc1ccc(S(=O)(=O)NCc2ccnn2C)cn1. The molecule has 114 valence electrons. The molecule has 2 rings (SSSR count). The lowest BCUT2D eigenvalue weighted by Gasteiger charge is -2.08. The largest absolute Gasteiger partial charge is 0.370 e. The molecule has 2 aromatic heterocycles. The van der Waals surface area contributed by atoms with Crippen molar-refractivity contribution in [2.24, 2.45) is 7.05 Å². The van der Waals surface area contributed by atoms with Crippen molar-refractivity contribution in [1.29, 1.82) is 0 Å². The minimum Gasteiger partial charge on any atom is -0.370 e. The molecule has 0 saturated carbocycles. The first-order valence-corrected chi connectivity index (χ1v) is 8.17. The standard InChI is InChI=1S/C13H19N5O2S/c1-3-7-14-13-5-4-12(10-15-13)21(19,20)17-9-11-6-8-16-18(11)2/h4-6,8,10,17H,3,7,9H2,1-2H3,(H,14,15). The molecule has 0 spiro atoms. The van der Waals surface area contributed by atoms with Crippen molar-refractivity contribution in [1.82, 2.24) is 19.5 Å². The summed E-state index contributed by atoms with van der Waals surface area (Å²) in [7, 11) is -1.81. The number of rotatable bonds is 7. The number of nitrogens with zero attached hydrogens (tertiary/aromatic N) is 3. The predicted octanol–water partition coefficient (Wildman–Crippen LogP) is 1.12. The maximum absolute atomic E-state index is 12.2. The second-order valence-electron chi connectivity index (χ2n) is 4.58. The number of anilines is 1. The van der Waals surface area contributed by atoms with Crippen molar-refractivity contribution < 1.29 is 8.42 Å². The molecular formula is C13H19N5O2S. The molecule has 0 aliphatic carbocycles. The van der Waals surface area contributed by atoms with E-state index in [1.54, 1.807) is 30.1 Å². The average molecular weight is 309 g/mol. The van der Waals surface area contributed by atoms with Gasteiger partial charge in [0.25, 0.3) is 0 Å². The van der Waals surface area contributed by atoms with E-state index >= 15 is 0 Å². The van der Waals surface area contributed by atoms with E-state index in [0.29, 0.717) is 5.82 Å². The Hall–Kier alpha value is -1.93. The molecule has 0 aliphatic rings. The quantitative estimate of drug-likeness (QED) is 0.800. The Labute approximate surface area is 124 Å². The summed E-state index contributed by atoms with van der Waals surface area (Å²) in [4.78, 5) is 4.24. The van der Waals surface area contributed by atoms with E-state index < -0.39 is 10.0 Å². The molecule has 0 atom stereocenters. The number of aryl methyl sites for hydroxylation is 1. The van der Waals surface area contributed by atoms with Gasteiger partial charge in [0.2, 0.25) is 10.0 Å². The van der Waals surface area contributed by atoms with Crippen LogP contribution in [0.3, 0.4) is 0 Å². The molecule has 21 heavy (non-hydrogen) atoms. The first-order chi connectivity index (χ1) is 10.0. The molecule has 0 fully saturated rings. The van der Waals surface area contributed by atoms with Gasteiger partial charge in [0.15, 0.2) is 0 Å². The van der Waals surface area contributed by atoms with E-state index in [-0.39, 0.29) is 11.4 Å². The van der Waals surface area contributed by atoms with E-state index in [0.717, 1.165) is 18.7 Å².